The number of rotatable bonds is 1. The van der Waals surface area contributed by atoms with Crippen LogP contribution in [-0.2, 0) is 10.2 Å². The molecule has 6 nitrogen and oxygen atoms in total. The number of H-pyrrole nitrogens is 1. The van der Waals surface area contributed by atoms with Gasteiger partial charge in [0, 0.05) is 38.1 Å². The number of likely N-dealkylation sites (N-methyl/N-ethyl adjacent to an activating group) is 1. The Morgan fingerprint density at radius 3 is 2.72 bits per heavy atom. The molecule has 1 aromatic carbocycles. The molecule has 2 amide bonds. The number of nitrogens with one attached hydrogen (secondary N) is 1. The summed E-state index contributed by atoms with van der Waals surface area (Å²) >= 11 is 0. The van der Waals surface area contributed by atoms with Crippen LogP contribution in [0, 0.1) is 0 Å². The third-order valence-corrected chi connectivity index (χ3v) is 5.31. The highest BCUT2D eigenvalue weighted by atomic mass is 16.2. The smallest absolute Gasteiger partial charge is 0.255 e. The number of fused-ring (bicyclic) bond motifs is 2. The monoisotopic (exact) mass is 337 g/mol. The van der Waals surface area contributed by atoms with Crippen LogP contribution < -0.4 is 10.5 Å². The maximum atomic E-state index is 13.0. The van der Waals surface area contributed by atoms with Gasteiger partial charge in [-0.3, -0.25) is 14.4 Å². The Labute approximate surface area is 145 Å². The van der Waals surface area contributed by atoms with E-state index >= 15 is 0 Å². The summed E-state index contributed by atoms with van der Waals surface area (Å²) in [5, 5.41) is 0. The van der Waals surface area contributed by atoms with Crippen LogP contribution in [0.25, 0.3) is 0 Å². The van der Waals surface area contributed by atoms with Crippen molar-refractivity contribution in [3.63, 3.8) is 0 Å². The van der Waals surface area contributed by atoms with Gasteiger partial charge in [0.05, 0.1) is 11.0 Å². The van der Waals surface area contributed by atoms with E-state index < -0.39 is 5.41 Å². The summed E-state index contributed by atoms with van der Waals surface area (Å²) in [5.41, 5.74) is 1.45. The molecule has 1 atom stereocenters. The number of hydrogen-bond acceptors (Lipinski definition) is 3. The fourth-order valence-electron chi connectivity index (χ4n) is 4.07. The third-order valence-electron chi connectivity index (χ3n) is 5.31. The Bertz CT molecular complexity index is 900. The van der Waals surface area contributed by atoms with E-state index in [0.29, 0.717) is 18.7 Å². The molecule has 0 saturated carbocycles. The molecule has 1 saturated heterocycles. The molecule has 1 N–H and O–H groups in total. The van der Waals surface area contributed by atoms with Crippen LogP contribution in [0.15, 0.2) is 47.4 Å². The number of aromatic amines is 1. The topological polar surface area (TPSA) is 73.5 Å². The first-order chi connectivity index (χ1) is 12.0. The van der Waals surface area contributed by atoms with Gasteiger partial charge in [0.2, 0.25) is 11.5 Å². The van der Waals surface area contributed by atoms with E-state index in [1.165, 1.54) is 18.3 Å². The lowest BCUT2D eigenvalue weighted by Gasteiger charge is -2.39. The van der Waals surface area contributed by atoms with Crippen molar-refractivity contribution in [2.75, 3.05) is 25.0 Å². The normalized spacial score (nSPS) is 22.4. The zero-order valence-electron chi connectivity index (χ0n) is 14.0. The molecule has 2 aliphatic rings. The van der Waals surface area contributed by atoms with E-state index in [0.717, 1.165) is 24.1 Å². The number of aromatic nitrogens is 1. The summed E-state index contributed by atoms with van der Waals surface area (Å²) in [6.07, 6.45) is 2.94. The van der Waals surface area contributed by atoms with E-state index in [2.05, 4.69) is 4.98 Å². The standard InChI is InChI=1S/C19H19N3O3/c1-21-15-6-3-2-5-14(15)19(18(21)25)9-4-10-22(12-19)17(24)13-7-8-16(23)20-11-13/h2-3,5-8,11H,4,9-10,12H2,1H3,(H,20,23). The van der Waals surface area contributed by atoms with Crippen molar-refractivity contribution in [3.8, 4) is 0 Å². The summed E-state index contributed by atoms with van der Waals surface area (Å²) in [5.74, 6) is -0.108. The Morgan fingerprint density at radius 1 is 1.16 bits per heavy atom. The van der Waals surface area contributed by atoms with Gasteiger partial charge < -0.3 is 14.8 Å². The van der Waals surface area contributed by atoms with Crippen LogP contribution in [-0.4, -0.2) is 41.8 Å². The van der Waals surface area contributed by atoms with Gasteiger partial charge in [0.1, 0.15) is 0 Å². The predicted molar refractivity (Wildman–Crippen MR) is 93.7 cm³/mol. The second-order valence-corrected chi connectivity index (χ2v) is 6.74. The summed E-state index contributed by atoms with van der Waals surface area (Å²) < 4.78 is 0. The molecule has 3 heterocycles. The molecule has 128 valence electrons. The number of anilines is 1. The van der Waals surface area contributed by atoms with Gasteiger partial charge in [0.25, 0.3) is 5.91 Å². The lowest BCUT2D eigenvalue weighted by molar-refractivity contribution is -0.124. The van der Waals surface area contributed by atoms with Crippen LogP contribution >= 0.6 is 0 Å². The first-order valence-electron chi connectivity index (χ1n) is 8.39. The molecule has 1 fully saturated rings. The molecule has 0 aliphatic carbocycles. The number of carbonyl (C=O) groups excluding carboxylic acids is 2. The molecule has 1 aromatic heterocycles. The van der Waals surface area contributed by atoms with Gasteiger partial charge in [-0.15, -0.1) is 0 Å². The Balaban J connectivity index is 1.69. The van der Waals surface area contributed by atoms with Crippen molar-refractivity contribution < 1.29 is 9.59 Å². The lowest BCUT2D eigenvalue weighted by Crippen LogP contribution is -2.53. The molecular formula is C19H19N3O3. The van der Waals surface area contributed by atoms with Crippen LogP contribution in [0.2, 0.25) is 0 Å². The maximum absolute atomic E-state index is 13.0. The highest BCUT2D eigenvalue weighted by Gasteiger charge is 2.52. The molecule has 2 aromatic rings. The molecule has 6 heteroatoms. The van der Waals surface area contributed by atoms with Gasteiger partial charge in [-0.1, -0.05) is 18.2 Å². The van der Waals surface area contributed by atoms with Crippen LogP contribution in [0.1, 0.15) is 28.8 Å². The van der Waals surface area contributed by atoms with Gasteiger partial charge in [-0.2, -0.15) is 0 Å². The van der Waals surface area contributed by atoms with Crippen molar-refractivity contribution in [2.45, 2.75) is 18.3 Å². The van der Waals surface area contributed by atoms with Crippen LogP contribution in [0.5, 0.6) is 0 Å². The number of carbonyl (C=O) groups is 2. The molecule has 0 bridgehead atoms. The molecule has 0 radical (unpaired) electrons. The summed E-state index contributed by atoms with van der Waals surface area (Å²) in [6.45, 7) is 0.976. The van der Waals surface area contributed by atoms with Crippen LogP contribution in [0.4, 0.5) is 5.69 Å². The fraction of sp³-hybridized carbons (Fsp3) is 0.316. The van der Waals surface area contributed by atoms with Crippen molar-refractivity contribution in [1.29, 1.82) is 0 Å². The molecule has 1 unspecified atom stereocenters. The van der Waals surface area contributed by atoms with E-state index in [1.54, 1.807) is 16.8 Å². The minimum Gasteiger partial charge on any atom is -0.337 e. The highest BCUT2D eigenvalue weighted by molar-refractivity contribution is 6.08. The number of hydrogen-bond donors (Lipinski definition) is 1. The molecule has 4 rings (SSSR count). The maximum Gasteiger partial charge on any atom is 0.255 e. The van der Waals surface area contributed by atoms with Gasteiger partial charge in [0.15, 0.2) is 0 Å². The Morgan fingerprint density at radius 2 is 1.96 bits per heavy atom. The number of likely N-dealkylation sites (tertiary alicyclic amines) is 1. The zero-order chi connectivity index (χ0) is 17.6. The first-order valence-corrected chi connectivity index (χ1v) is 8.39. The van der Waals surface area contributed by atoms with Crippen molar-refractivity contribution in [2.24, 2.45) is 0 Å². The van der Waals surface area contributed by atoms with Gasteiger partial charge in [-0.05, 0) is 30.5 Å². The Kier molecular flexibility index (Phi) is 3.49. The second kappa shape index (κ2) is 5.58. The quantitative estimate of drug-likeness (QED) is 0.857. The number of nitrogens with zero attached hydrogens (tertiary/aromatic N) is 2. The highest BCUT2D eigenvalue weighted by Crippen LogP contribution is 2.46. The number of para-hydroxylation sites is 1. The minimum atomic E-state index is -0.665. The van der Waals surface area contributed by atoms with Crippen LogP contribution in [0.3, 0.4) is 0 Å². The molecule has 25 heavy (non-hydrogen) atoms. The predicted octanol–water partition coefficient (Wildman–Crippen LogP) is 1.53. The summed E-state index contributed by atoms with van der Waals surface area (Å²) in [4.78, 5) is 43.0. The number of benzene rings is 1. The average molecular weight is 337 g/mol. The second-order valence-electron chi connectivity index (χ2n) is 6.74. The SMILES string of the molecule is CN1C(=O)C2(CCCN(C(=O)c3ccc(=O)[nH]c3)C2)c2ccccc21. The van der Waals surface area contributed by atoms with Crippen molar-refractivity contribution in [3.05, 3.63) is 64.1 Å². The fourth-order valence-corrected chi connectivity index (χ4v) is 4.07. The number of piperidine rings is 1. The zero-order valence-corrected chi connectivity index (χ0v) is 14.0. The lowest BCUT2D eigenvalue weighted by atomic mass is 9.75. The largest absolute Gasteiger partial charge is 0.337 e. The first kappa shape index (κ1) is 15.6. The third kappa shape index (κ3) is 2.28. The minimum absolute atomic E-state index is 0.0488. The Hall–Kier alpha value is -2.89. The van der Waals surface area contributed by atoms with Gasteiger partial charge in [-0.25, -0.2) is 0 Å². The van der Waals surface area contributed by atoms with Gasteiger partial charge >= 0.3 is 0 Å². The van der Waals surface area contributed by atoms with Crippen molar-refractivity contribution >= 4 is 17.5 Å². The van der Waals surface area contributed by atoms with E-state index in [4.69, 9.17) is 0 Å². The summed E-state index contributed by atoms with van der Waals surface area (Å²) in [7, 11) is 1.79. The van der Waals surface area contributed by atoms with E-state index in [1.807, 2.05) is 24.3 Å². The van der Waals surface area contributed by atoms with E-state index in [-0.39, 0.29) is 17.4 Å². The average Bonchev–Trinajstić information content (AvgIpc) is 2.85. The number of amides is 2. The van der Waals surface area contributed by atoms with E-state index in [9.17, 15) is 14.4 Å². The number of pyridine rings is 1. The summed E-state index contributed by atoms with van der Waals surface area (Å²) in [6, 6.07) is 10.7. The molecular weight excluding hydrogens is 318 g/mol. The molecule has 1 spiro atoms. The van der Waals surface area contributed by atoms with Crippen molar-refractivity contribution in [1.82, 2.24) is 9.88 Å². The molecule has 2 aliphatic heterocycles.